The molecule has 0 aliphatic rings. The molecule has 1 amide bonds. The Morgan fingerprint density at radius 2 is 0.737 bits per heavy atom. The van der Waals surface area contributed by atoms with Crippen LogP contribution < -0.4 is 5.32 Å². The predicted octanol–water partition coefficient (Wildman–Crippen LogP) is 13.7. The van der Waals surface area contributed by atoms with Gasteiger partial charge in [0.25, 0.3) is 0 Å². The molecule has 0 spiro atoms. The molecule has 0 aliphatic heterocycles. The van der Waals surface area contributed by atoms with E-state index >= 15 is 0 Å². The van der Waals surface area contributed by atoms with E-state index in [1.54, 1.807) is 0 Å². The monoisotopic (exact) mass is 804 g/mol. The molecule has 6 nitrogen and oxygen atoms in total. The highest BCUT2D eigenvalue weighted by atomic mass is 16.3. The van der Waals surface area contributed by atoms with Gasteiger partial charge in [0.1, 0.15) is 12.2 Å². The van der Waals surface area contributed by atoms with Crippen molar-refractivity contribution in [3.8, 4) is 0 Å². The molecule has 6 heteroatoms. The molecule has 0 aromatic rings. The number of hydrogen-bond acceptors (Lipinski definition) is 5. The van der Waals surface area contributed by atoms with Crippen LogP contribution in [0.5, 0.6) is 0 Å². The largest absolute Gasteiger partial charge is 0.394 e. The molecule has 0 bridgehead atoms. The first-order valence-corrected chi connectivity index (χ1v) is 24.9. The zero-order valence-corrected chi connectivity index (χ0v) is 37.8. The van der Waals surface area contributed by atoms with E-state index in [1.807, 2.05) is 0 Å². The number of carbonyl (C=O) groups excluding carboxylic acids is 1. The molecule has 0 saturated carbocycles. The maximum atomic E-state index is 12.5. The van der Waals surface area contributed by atoms with Crippen molar-refractivity contribution in [2.24, 2.45) is 0 Å². The number of aliphatic hydroxyl groups is 4. The quantitative estimate of drug-likeness (QED) is 0.0311. The molecule has 5 N–H and O–H groups in total. The van der Waals surface area contributed by atoms with Crippen LogP contribution >= 0.6 is 0 Å². The Hall–Kier alpha value is -1.47. The van der Waals surface area contributed by atoms with Crippen LogP contribution in [0.2, 0.25) is 0 Å². The molecular formula is C51H97NO5. The van der Waals surface area contributed by atoms with Gasteiger partial charge in [0.05, 0.1) is 18.8 Å². The van der Waals surface area contributed by atoms with Crippen molar-refractivity contribution < 1.29 is 25.2 Å². The number of rotatable bonds is 45. The highest BCUT2D eigenvalue weighted by Crippen LogP contribution is 2.16. The summed E-state index contributed by atoms with van der Waals surface area (Å²) < 4.78 is 0. The second-order valence-corrected chi connectivity index (χ2v) is 17.1. The Morgan fingerprint density at radius 1 is 0.421 bits per heavy atom. The molecule has 0 aromatic heterocycles. The third kappa shape index (κ3) is 39.7. The van der Waals surface area contributed by atoms with Crippen LogP contribution in [0.15, 0.2) is 36.5 Å². The smallest absolute Gasteiger partial charge is 0.249 e. The Kier molecular flexibility index (Phi) is 44.4. The van der Waals surface area contributed by atoms with E-state index in [9.17, 15) is 25.2 Å². The van der Waals surface area contributed by atoms with Crippen molar-refractivity contribution in [3.05, 3.63) is 36.5 Å². The molecule has 0 fully saturated rings. The summed E-state index contributed by atoms with van der Waals surface area (Å²) in [6.45, 7) is 4.05. The number of hydrogen-bond donors (Lipinski definition) is 5. The summed E-state index contributed by atoms with van der Waals surface area (Å²) in [6.07, 6.45) is 54.7. The van der Waals surface area contributed by atoms with Gasteiger partial charge in [-0.05, 0) is 77.0 Å². The van der Waals surface area contributed by atoms with Gasteiger partial charge in [0.15, 0.2) is 0 Å². The minimum atomic E-state index is -1.29. The first kappa shape index (κ1) is 55.5. The second kappa shape index (κ2) is 45.6. The number of nitrogens with one attached hydrogen (secondary N) is 1. The number of carbonyl (C=O) groups is 1. The summed E-state index contributed by atoms with van der Waals surface area (Å²) >= 11 is 0. The first-order chi connectivity index (χ1) is 28.0. The lowest BCUT2D eigenvalue weighted by Crippen LogP contribution is -2.53. The molecule has 4 unspecified atom stereocenters. The van der Waals surface area contributed by atoms with Gasteiger partial charge >= 0.3 is 0 Å². The van der Waals surface area contributed by atoms with E-state index in [4.69, 9.17) is 0 Å². The highest BCUT2D eigenvalue weighted by Gasteiger charge is 2.28. The Balaban J connectivity index is 3.76. The van der Waals surface area contributed by atoms with Crippen LogP contribution in [0, 0.1) is 0 Å². The standard InChI is InChI=1S/C51H97NO5/c1-3-5-7-9-11-13-15-17-19-21-23-25-27-28-30-32-34-36-38-40-42-44-48(54)50(56)47(46-53)52-51(57)49(55)45-43-41-39-37-35-33-31-29-26-24-22-20-18-16-14-12-10-8-6-4-2/h26,28-30,36,38,47-50,53-56H,3-25,27,31-35,37,39-46H2,1-2H3,(H,52,57)/b29-26-,30-28+,38-36+. The molecule has 0 saturated heterocycles. The summed E-state index contributed by atoms with van der Waals surface area (Å²) in [5, 5.41) is 43.8. The van der Waals surface area contributed by atoms with Crippen molar-refractivity contribution in [3.63, 3.8) is 0 Å². The molecule has 0 heterocycles. The van der Waals surface area contributed by atoms with Crippen LogP contribution in [-0.4, -0.2) is 57.3 Å². The molecule has 0 rings (SSSR count). The molecule has 336 valence electrons. The van der Waals surface area contributed by atoms with Gasteiger partial charge in [0.2, 0.25) is 5.91 Å². The zero-order chi connectivity index (χ0) is 41.7. The van der Waals surface area contributed by atoms with E-state index in [2.05, 4.69) is 55.6 Å². The minimum Gasteiger partial charge on any atom is -0.394 e. The molecule has 0 aromatic carbocycles. The van der Waals surface area contributed by atoms with E-state index in [-0.39, 0.29) is 0 Å². The first-order valence-electron chi connectivity index (χ1n) is 24.9. The second-order valence-electron chi connectivity index (χ2n) is 17.1. The number of unbranched alkanes of at least 4 members (excludes halogenated alkanes) is 30. The van der Waals surface area contributed by atoms with Crippen molar-refractivity contribution in [1.29, 1.82) is 0 Å². The van der Waals surface area contributed by atoms with Gasteiger partial charge in [0, 0.05) is 0 Å². The molecule has 4 atom stereocenters. The van der Waals surface area contributed by atoms with Gasteiger partial charge in [-0.15, -0.1) is 0 Å². The molecular weight excluding hydrogens is 707 g/mol. The van der Waals surface area contributed by atoms with Crippen LogP contribution in [-0.2, 0) is 4.79 Å². The van der Waals surface area contributed by atoms with Crippen molar-refractivity contribution in [1.82, 2.24) is 5.32 Å². The van der Waals surface area contributed by atoms with Crippen LogP contribution in [0.25, 0.3) is 0 Å². The van der Waals surface area contributed by atoms with Crippen molar-refractivity contribution in [2.75, 3.05) is 6.61 Å². The van der Waals surface area contributed by atoms with Gasteiger partial charge in [-0.3, -0.25) is 4.79 Å². The highest BCUT2D eigenvalue weighted by molar-refractivity contribution is 5.80. The summed E-state index contributed by atoms with van der Waals surface area (Å²) in [6, 6.07) is -1.01. The average molecular weight is 804 g/mol. The van der Waals surface area contributed by atoms with Crippen molar-refractivity contribution >= 4 is 5.91 Å². The Bertz CT molecular complexity index is 904. The fourth-order valence-corrected chi connectivity index (χ4v) is 7.59. The maximum Gasteiger partial charge on any atom is 0.249 e. The normalized spacial score (nSPS) is 14.3. The molecule has 0 aliphatic carbocycles. The minimum absolute atomic E-state index is 0.353. The SMILES string of the molecule is CCCCCCCCCCCC/C=C\CCCCCCCCC(O)C(=O)NC(CO)C(O)C(O)CCC/C=C/CC/C=C/CCCCCCCCCCCCCC. The van der Waals surface area contributed by atoms with Gasteiger partial charge in [-0.1, -0.05) is 211 Å². The van der Waals surface area contributed by atoms with Crippen LogP contribution in [0.3, 0.4) is 0 Å². The van der Waals surface area contributed by atoms with Gasteiger partial charge in [-0.2, -0.15) is 0 Å². The average Bonchev–Trinajstić information content (AvgIpc) is 3.22. The Morgan fingerprint density at radius 3 is 1.11 bits per heavy atom. The predicted molar refractivity (Wildman–Crippen MR) is 247 cm³/mol. The van der Waals surface area contributed by atoms with Crippen molar-refractivity contribution in [2.45, 2.75) is 276 Å². The topological polar surface area (TPSA) is 110 Å². The zero-order valence-electron chi connectivity index (χ0n) is 37.8. The maximum absolute atomic E-state index is 12.5. The molecule has 57 heavy (non-hydrogen) atoms. The fourth-order valence-electron chi connectivity index (χ4n) is 7.59. The third-order valence-electron chi connectivity index (χ3n) is 11.6. The summed E-state index contributed by atoms with van der Waals surface area (Å²) in [5.74, 6) is -0.601. The summed E-state index contributed by atoms with van der Waals surface area (Å²) in [5.41, 5.74) is 0. The summed E-state index contributed by atoms with van der Waals surface area (Å²) in [7, 11) is 0. The van der Waals surface area contributed by atoms with E-state index in [0.717, 1.165) is 51.4 Å². The molecule has 0 radical (unpaired) electrons. The lowest BCUT2D eigenvalue weighted by atomic mass is 10.00. The number of amides is 1. The third-order valence-corrected chi connectivity index (χ3v) is 11.6. The number of allylic oxidation sites excluding steroid dienone is 6. The Labute approximate surface area is 354 Å². The van der Waals surface area contributed by atoms with E-state index in [0.29, 0.717) is 19.3 Å². The lowest BCUT2D eigenvalue weighted by molar-refractivity contribution is -0.132. The summed E-state index contributed by atoms with van der Waals surface area (Å²) in [4.78, 5) is 12.5. The van der Waals surface area contributed by atoms with Crippen LogP contribution in [0.4, 0.5) is 0 Å². The fraction of sp³-hybridized carbons (Fsp3) is 0.863. The van der Waals surface area contributed by atoms with Gasteiger partial charge in [-0.25, -0.2) is 0 Å². The van der Waals surface area contributed by atoms with E-state index in [1.165, 1.54) is 167 Å². The van der Waals surface area contributed by atoms with E-state index < -0.39 is 36.9 Å². The number of aliphatic hydroxyl groups excluding tert-OH is 4. The van der Waals surface area contributed by atoms with Gasteiger partial charge < -0.3 is 25.7 Å². The lowest BCUT2D eigenvalue weighted by Gasteiger charge is -2.27. The van der Waals surface area contributed by atoms with Crippen LogP contribution in [0.1, 0.15) is 251 Å².